The van der Waals surface area contributed by atoms with Crippen LogP contribution >= 0.6 is 0 Å². The summed E-state index contributed by atoms with van der Waals surface area (Å²) in [6.07, 6.45) is 13.9. The standard InChI is InChI=1S/C31H61NO10/c1-2-3-4-5-6-7-8-9-10-11-16-36-18-20-38-22-24-40-26-28-42-29-27-41-25-23-39-21-19-37-17-12-15-32-30(33)13-14-31(34)35/h2-29H2,1H3,(H,32,33)(H,34,35). The normalized spacial score (nSPS) is 11.3. The molecule has 11 heteroatoms. The van der Waals surface area contributed by atoms with Crippen molar-refractivity contribution in [2.75, 3.05) is 99.0 Å². The summed E-state index contributed by atoms with van der Waals surface area (Å²) in [6.45, 7) is 10.4. The van der Waals surface area contributed by atoms with Crippen LogP contribution in [0.15, 0.2) is 0 Å². The number of carbonyl (C=O) groups excluding carboxylic acids is 1. The first-order chi connectivity index (χ1) is 20.7. The molecule has 0 spiro atoms. The number of nitrogens with one attached hydrogen (secondary N) is 1. The minimum Gasteiger partial charge on any atom is -0.481 e. The van der Waals surface area contributed by atoms with Crippen molar-refractivity contribution in [3.05, 3.63) is 0 Å². The summed E-state index contributed by atoms with van der Waals surface area (Å²) in [5.74, 6) is -1.23. The van der Waals surface area contributed by atoms with Gasteiger partial charge in [0.25, 0.3) is 0 Å². The number of rotatable bonds is 36. The largest absolute Gasteiger partial charge is 0.481 e. The van der Waals surface area contributed by atoms with E-state index in [1.54, 1.807) is 0 Å². The Morgan fingerprint density at radius 1 is 0.452 bits per heavy atom. The molecule has 250 valence electrons. The molecule has 0 aromatic rings. The molecule has 0 atom stereocenters. The molecule has 0 saturated heterocycles. The van der Waals surface area contributed by atoms with Crippen LogP contribution in [0.3, 0.4) is 0 Å². The minimum atomic E-state index is -0.975. The average Bonchev–Trinajstić information content (AvgIpc) is 2.98. The predicted octanol–water partition coefficient (Wildman–Crippen LogP) is 4.39. The van der Waals surface area contributed by atoms with Gasteiger partial charge in [-0.3, -0.25) is 9.59 Å². The first kappa shape index (κ1) is 40.7. The van der Waals surface area contributed by atoms with Gasteiger partial charge in [0.15, 0.2) is 0 Å². The van der Waals surface area contributed by atoms with Gasteiger partial charge < -0.3 is 43.6 Å². The van der Waals surface area contributed by atoms with Gasteiger partial charge in [-0.1, -0.05) is 64.7 Å². The van der Waals surface area contributed by atoms with Crippen molar-refractivity contribution >= 4 is 11.9 Å². The third-order valence-electron chi connectivity index (χ3n) is 6.23. The van der Waals surface area contributed by atoms with Crippen LogP contribution in [0, 0.1) is 0 Å². The Kier molecular flexibility index (Phi) is 34.7. The molecule has 42 heavy (non-hydrogen) atoms. The summed E-state index contributed by atoms with van der Waals surface area (Å²) in [6, 6.07) is 0. The average molecular weight is 608 g/mol. The van der Waals surface area contributed by atoms with E-state index in [2.05, 4.69) is 12.2 Å². The fourth-order valence-corrected chi connectivity index (χ4v) is 3.82. The van der Waals surface area contributed by atoms with Crippen LogP contribution in [0.1, 0.15) is 90.4 Å². The molecular formula is C31H61NO10. The molecule has 0 rings (SSSR count). The van der Waals surface area contributed by atoms with Crippen molar-refractivity contribution in [3.63, 3.8) is 0 Å². The number of hydrogen-bond donors (Lipinski definition) is 2. The number of carboxylic acid groups (broad SMARTS) is 1. The Bertz CT molecular complexity index is 568. The van der Waals surface area contributed by atoms with Crippen LogP contribution in [-0.2, 0) is 42.7 Å². The highest BCUT2D eigenvalue weighted by Gasteiger charge is 2.04. The molecular weight excluding hydrogens is 546 g/mol. The predicted molar refractivity (Wildman–Crippen MR) is 162 cm³/mol. The molecule has 0 aliphatic heterocycles. The van der Waals surface area contributed by atoms with Crippen molar-refractivity contribution < 1.29 is 47.9 Å². The van der Waals surface area contributed by atoms with Gasteiger partial charge in [-0.05, 0) is 12.8 Å². The SMILES string of the molecule is CCCCCCCCCCCCOCCOCCOCCOCCOCCOCCOCCCNC(=O)CCC(=O)O. The van der Waals surface area contributed by atoms with Crippen molar-refractivity contribution in [2.45, 2.75) is 90.4 Å². The molecule has 2 N–H and O–H groups in total. The molecule has 1 amide bonds. The number of carboxylic acids is 1. The van der Waals surface area contributed by atoms with E-state index >= 15 is 0 Å². The van der Waals surface area contributed by atoms with Gasteiger partial charge in [0.2, 0.25) is 5.91 Å². The number of unbranched alkanes of at least 4 members (excludes halogenated alkanes) is 9. The van der Waals surface area contributed by atoms with E-state index in [0.29, 0.717) is 98.9 Å². The fraction of sp³-hybridized carbons (Fsp3) is 0.935. The van der Waals surface area contributed by atoms with Crippen molar-refractivity contribution in [1.29, 1.82) is 0 Å². The highest BCUT2D eigenvalue weighted by molar-refractivity contribution is 5.80. The third kappa shape index (κ3) is 36.7. The van der Waals surface area contributed by atoms with Gasteiger partial charge in [-0.15, -0.1) is 0 Å². The van der Waals surface area contributed by atoms with E-state index < -0.39 is 5.97 Å². The molecule has 0 aliphatic carbocycles. The topological polar surface area (TPSA) is 131 Å². The van der Waals surface area contributed by atoms with Crippen molar-refractivity contribution in [1.82, 2.24) is 5.32 Å². The van der Waals surface area contributed by atoms with Gasteiger partial charge >= 0.3 is 5.97 Å². The molecule has 0 fully saturated rings. The van der Waals surface area contributed by atoms with E-state index in [1.807, 2.05) is 0 Å². The Balaban J connectivity index is 3.08. The number of hydrogen-bond acceptors (Lipinski definition) is 9. The van der Waals surface area contributed by atoms with Gasteiger partial charge in [0, 0.05) is 26.2 Å². The summed E-state index contributed by atoms with van der Waals surface area (Å²) >= 11 is 0. The molecule has 11 nitrogen and oxygen atoms in total. The first-order valence-corrected chi connectivity index (χ1v) is 16.2. The number of carbonyl (C=O) groups is 2. The minimum absolute atomic E-state index is 0.00111. The highest BCUT2D eigenvalue weighted by Crippen LogP contribution is 2.10. The molecule has 0 unspecified atom stereocenters. The smallest absolute Gasteiger partial charge is 0.303 e. The summed E-state index contributed by atoms with van der Waals surface area (Å²) in [4.78, 5) is 21.7. The van der Waals surface area contributed by atoms with Gasteiger partial charge in [0.1, 0.15) is 0 Å². The van der Waals surface area contributed by atoms with E-state index in [1.165, 1.54) is 57.8 Å². The first-order valence-electron chi connectivity index (χ1n) is 16.2. The second kappa shape index (κ2) is 35.9. The lowest BCUT2D eigenvalue weighted by molar-refractivity contribution is -0.138. The van der Waals surface area contributed by atoms with Crippen LogP contribution in [0.5, 0.6) is 0 Å². The van der Waals surface area contributed by atoms with E-state index in [-0.39, 0.29) is 18.7 Å². The van der Waals surface area contributed by atoms with Gasteiger partial charge in [-0.2, -0.15) is 0 Å². The molecule has 0 bridgehead atoms. The Hall–Kier alpha value is -1.34. The zero-order valence-corrected chi connectivity index (χ0v) is 26.4. The molecule has 0 aromatic heterocycles. The second-order valence-electron chi connectivity index (χ2n) is 10.1. The maximum Gasteiger partial charge on any atom is 0.303 e. The van der Waals surface area contributed by atoms with Crippen molar-refractivity contribution in [2.24, 2.45) is 0 Å². The molecule has 0 aliphatic rings. The Morgan fingerprint density at radius 3 is 1.17 bits per heavy atom. The zero-order chi connectivity index (χ0) is 30.6. The highest BCUT2D eigenvalue weighted by atomic mass is 16.6. The zero-order valence-electron chi connectivity index (χ0n) is 26.4. The van der Waals surface area contributed by atoms with Gasteiger partial charge in [-0.25, -0.2) is 0 Å². The number of amides is 1. The third-order valence-corrected chi connectivity index (χ3v) is 6.23. The quantitative estimate of drug-likeness (QED) is 0.0989. The van der Waals surface area contributed by atoms with Crippen LogP contribution in [0.2, 0.25) is 0 Å². The monoisotopic (exact) mass is 607 g/mol. The summed E-state index contributed by atoms with van der Waals surface area (Å²) in [7, 11) is 0. The van der Waals surface area contributed by atoms with E-state index in [0.717, 1.165) is 13.0 Å². The lowest BCUT2D eigenvalue weighted by Gasteiger charge is -2.09. The second-order valence-corrected chi connectivity index (χ2v) is 10.1. The van der Waals surface area contributed by atoms with E-state index in [4.69, 9.17) is 38.3 Å². The summed E-state index contributed by atoms with van der Waals surface area (Å²) < 4.78 is 38.4. The molecule has 0 radical (unpaired) electrons. The number of ether oxygens (including phenoxy) is 7. The van der Waals surface area contributed by atoms with Gasteiger partial charge in [0.05, 0.1) is 85.7 Å². The van der Waals surface area contributed by atoms with Crippen molar-refractivity contribution in [3.8, 4) is 0 Å². The number of aliphatic carboxylic acids is 1. The lowest BCUT2D eigenvalue weighted by atomic mass is 10.1. The molecule has 0 saturated carbocycles. The Morgan fingerprint density at radius 2 is 0.786 bits per heavy atom. The van der Waals surface area contributed by atoms with Crippen LogP contribution in [-0.4, -0.2) is 116 Å². The fourth-order valence-electron chi connectivity index (χ4n) is 3.82. The summed E-state index contributed by atoms with van der Waals surface area (Å²) in [5.41, 5.74) is 0. The lowest BCUT2D eigenvalue weighted by Crippen LogP contribution is -2.25. The summed E-state index contributed by atoms with van der Waals surface area (Å²) in [5, 5.41) is 11.2. The molecule has 0 aromatic carbocycles. The Labute approximate surface area is 254 Å². The molecule has 0 heterocycles. The maximum absolute atomic E-state index is 11.3. The van der Waals surface area contributed by atoms with E-state index in [9.17, 15) is 9.59 Å². The van der Waals surface area contributed by atoms with Crippen LogP contribution in [0.4, 0.5) is 0 Å². The van der Waals surface area contributed by atoms with Crippen LogP contribution in [0.25, 0.3) is 0 Å². The van der Waals surface area contributed by atoms with Crippen LogP contribution < -0.4 is 5.32 Å². The maximum atomic E-state index is 11.3.